The van der Waals surface area contributed by atoms with Gasteiger partial charge in [0, 0.05) is 11.1 Å². The van der Waals surface area contributed by atoms with Gasteiger partial charge in [-0.15, -0.1) is 0 Å². The van der Waals surface area contributed by atoms with Gasteiger partial charge in [-0.3, -0.25) is 13.9 Å². The summed E-state index contributed by atoms with van der Waals surface area (Å²) in [7, 11) is -7.79. The van der Waals surface area contributed by atoms with Gasteiger partial charge in [-0.05, 0) is 78.6 Å². The molecule has 0 radical (unpaired) electrons. The molecule has 4 aromatic carbocycles. The van der Waals surface area contributed by atoms with Crippen LogP contribution in [0.4, 0.5) is 0 Å². The zero-order chi connectivity index (χ0) is 28.4. The summed E-state index contributed by atoms with van der Waals surface area (Å²) in [6.45, 7) is 1.45. The number of hydrogen-bond acceptors (Lipinski definition) is 7. The molecular formula is C28H24O9S2. The second-order valence-electron chi connectivity index (χ2n) is 8.69. The SMILES string of the molecule is COc1ccc(Cc2ccc(Oc3ccc(C(=O)c4ccc(C)c(S(=O)(=O)O)c4)cc3S(=O)(=O)O)cc2)cc1. The predicted octanol–water partition coefficient (Wildman–Crippen LogP) is 5.11. The minimum Gasteiger partial charge on any atom is -0.497 e. The van der Waals surface area contributed by atoms with Crippen molar-refractivity contribution in [3.05, 3.63) is 113 Å². The van der Waals surface area contributed by atoms with Gasteiger partial charge in [0.05, 0.1) is 12.0 Å². The van der Waals surface area contributed by atoms with Crippen molar-refractivity contribution in [1.82, 2.24) is 0 Å². The molecule has 0 aliphatic rings. The smallest absolute Gasteiger partial charge is 0.298 e. The molecule has 9 nitrogen and oxygen atoms in total. The largest absolute Gasteiger partial charge is 0.497 e. The Morgan fingerprint density at radius 1 is 0.692 bits per heavy atom. The summed E-state index contributed by atoms with van der Waals surface area (Å²) in [5.74, 6) is 0.124. The number of ketones is 1. The Hall–Kier alpha value is -4.03. The minimum absolute atomic E-state index is 0.101. The molecule has 0 aromatic heterocycles. The number of carbonyl (C=O) groups is 1. The van der Waals surface area contributed by atoms with Crippen molar-refractivity contribution in [2.75, 3.05) is 7.11 Å². The van der Waals surface area contributed by atoms with E-state index in [1.165, 1.54) is 31.2 Å². The number of aryl methyl sites for hydroxylation is 1. The Balaban J connectivity index is 1.59. The molecule has 4 rings (SSSR count). The summed E-state index contributed by atoms with van der Waals surface area (Å²) in [5.41, 5.74) is 2.03. The lowest BCUT2D eigenvalue weighted by Crippen LogP contribution is -2.08. The second kappa shape index (κ2) is 11.0. The normalized spacial score (nSPS) is 11.7. The fourth-order valence-electron chi connectivity index (χ4n) is 3.90. The van der Waals surface area contributed by atoms with Gasteiger partial charge in [-0.1, -0.05) is 36.4 Å². The highest BCUT2D eigenvalue weighted by Crippen LogP contribution is 2.31. The first-order valence-electron chi connectivity index (χ1n) is 11.5. The molecular weight excluding hydrogens is 544 g/mol. The average Bonchev–Trinajstić information content (AvgIpc) is 2.89. The molecule has 0 amide bonds. The highest BCUT2D eigenvalue weighted by molar-refractivity contribution is 7.86. The number of carbonyl (C=O) groups excluding carboxylic acids is 1. The molecule has 0 fully saturated rings. The van der Waals surface area contributed by atoms with Crippen molar-refractivity contribution in [1.29, 1.82) is 0 Å². The molecule has 0 heterocycles. The van der Waals surface area contributed by atoms with Crippen LogP contribution in [0.2, 0.25) is 0 Å². The maximum atomic E-state index is 13.0. The van der Waals surface area contributed by atoms with Gasteiger partial charge >= 0.3 is 0 Å². The van der Waals surface area contributed by atoms with Gasteiger partial charge in [-0.25, -0.2) is 0 Å². The van der Waals surface area contributed by atoms with Crippen molar-refractivity contribution in [2.24, 2.45) is 0 Å². The third kappa shape index (κ3) is 6.70. The van der Waals surface area contributed by atoms with E-state index in [-0.39, 0.29) is 22.4 Å². The van der Waals surface area contributed by atoms with E-state index < -0.39 is 35.8 Å². The Bertz CT molecular complexity index is 1740. The average molecular weight is 569 g/mol. The fourth-order valence-corrected chi connectivity index (χ4v) is 5.29. The molecule has 0 aliphatic carbocycles. The van der Waals surface area contributed by atoms with Crippen LogP contribution in [0, 0.1) is 6.92 Å². The van der Waals surface area contributed by atoms with Crippen LogP contribution < -0.4 is 9.47 Å². The summed E-state index contributed by atoms with van der Waals surface area (Å²) in [5, 5.41) is 0. The number of methoxy groups -OCH3 is 1. The van der Waals surface area contributed by atoms with E-state index in [2.05, 4.69) is 0 Å². The lowest BCUT2D eigenvalue weighted by atomic mass is 10.0. The van der Waals surface area contributed by atoms with E-state index in [4.69, 9.17) is 9.47 Å². The predicted molar refractivity (Wildman–Crippen MR) is 143 cm³/mol. The van der Waals surface area contributed by atoms with Crippen LogP contribution in [-0.2, 0) is 26.7 Å². The van der Waals surface area contributed by atoms with Gasteiger partial charge < -0.3 is 9.47 Å². The van der Waals surface area contributed by atoms with Crippen LogP contribution in [0.1, 0.15) is 32.6 Å². The Morgan fingerprint density at radius 2 is 1.18 bits per heavy atom. The molecule has 202 valence electrons. The summed E-state index contributed by atoms with van der Waals surface area (Å²) >= 11 is 0. The Morgan fingerprint density at radius 3 is 1.69 bits per heavy atom. The van der Waals surface area contributed by atoms with E-state index in [1.807, 2.05) is 36.4 Å². The van der Waals surface area contributed by atoms with Gasteiger partial charge in [0.1, 0.15) is 22.1 Å². The molecule has 0 saturated carbocycles. The Labute approximate surface area is 226 Å². The summed E-state index contributed by atoms with van der Waals surface area (Å²) in [6, 6.07) is 21.7. The summed E-state index contributed by atoms with van der Waals surface area (Å²) in [4.78, 5) is 11.9. The van der Waals surface area contributed by atoms with Gasteiger partial charge in [0.25, 0.3) is 20.2 Å². The van der Waals surface area contributed by atoms with Gasteiger partial charge in [0.15, 0.2) is 5.78 Å². The van der Waals surface area contributed by atoms with E-state index in [0.29, 0.717) is 12.2 Å². The molecule has 0 atom stereocenters. The highest BCUT2D eigenvalue weighted by Gasteiger charge is 2.22. The third-order valence-corrected chi connectivity index (χ3v) is 7.80. The number of hydrogen-bond donors (Lipinski definition) is 2. The van der Waals surface area contributed by atoms with E-state index in [0.717, 1.165) is 29.0 Å². The molecule has 39 heavy (non-hydrogen) atoms. The maximum Gasteiger partial charge on any atom is 0.298 e. The zero-order valence-electron chi connectivity index (χ0n) is 20.9. The lowest BCUT2D eigenvalue weighted by Gasteiger charge is -2.12. The standard InChI is InChI=1S/C28H24O9S2/c1-18-3-8-21(16-26(18)38(30,31)32)28(29)22-9-14-25(27(17-22)39(33,34)35)37-24-12-6-20(7-13-24)15-19-4-10-23(36-2)11-5-19/h3-14,16-17H,15H2,1-2H3,(H,30,31,32)(H,33,34,35). The van der Waals surface area contributed by atoms with E-state index in [1.54, 1.807) is 19.2 Å². The zero-order valence-corrected chi connectivity index (χ0v) is 22.5. The third-order valence-electron chi connectivity index (χ3n) is 5.93. The van der Waals surface area contributed by atoms with Gasteiger partial charge in [0.2, 0.25) is 0 Å². The fraction of sp³-hybridized carbons (Fsp3) is 0.107. The van der Waals surface area contributed by atoms with E-state index >= 15 is 0 Å². The number of ether oxygens (including phenoxy) is 2. The molecule has 2 N–H and O–H groups in total. The van der Waals surface area contributed by atoms with Crippen molar-refractivity contribution >= 4 is 26.0 Å². The quantitative estimate of drug-likeness (QED) is 0.208. The highest BCUT2D eigenvalue weighted by atomic mass is 32.2. The molecule has 0 aliphatic heterocycles. The lowest BCUT2D eigenvalue weighted by molar-refractivity contribution is 0.103. The molecule has 0 spiro atoms. The van der Waals surface area contributed by atoms with Crippen LogP contribution >= 0.6 is 0 Å². The van der Waals surface area contributed by atoms with Crippen molar-refractivity contribution in [3.63, 3.8) is 0 Å². The monoisotopic (exact) mass is 568 g/mol. The first-order valence-corrected chi connectivity index (χ1v) is 14.4. The van der Waals surface area contributed by atoms with Crippen LogP contribution in [0.5, 0.6) is 17.2 Å². The van der Waals surface area contributed by atoms with Crippen LogP contribution in [-0.4, -0.2) is 38.8 Å². The topological polar surface area (TPSA) is 144 Å². The summed E-state index contributed by atoms with van der Waals surface area (Å²) < 4.78 is 77.6. The molecule has 11 heteroatoms. The summed E-state index contributed by atoms with van der Waals surface area (Å²) in [6.07, 6.45) is 0.648. The maximum absolute atomic E-state index is 13.0. The Kier molecular flexibility index (Phi) is 7.89. The van der Waals surface area contributed by atoms with E-state index in [9.17, 15) is 30.7 Å². The van der Waals surface area contributed by atoms with Gasteiger partial charge in [-0.2, -0.15) is 16.8 Å². The van der Waals surface area contributed by atoms with Crippen LogP contribution in [0.3, 0.4) is 0 Å². The molecule has 0 unspecified atom stereocenters. The first kappa shape index (κ1) is 28.0. The number of rotatable bonds is 9. The van der Waals surface area contributed by atoms with Crippen molar-refractivity contribution in [3.8, 4) is 17.2 Å². The number of benzene rings is 4. The molecule has 0 bridgehead atoms. The first-order chi connectivity index (χ1) is 18.3. The molecule has 4 aromatic rings. The van der Waals surface area contributed by atoms with Crippen LogP contribution in [0.25, 0.3) is 0 Å². The van der Waals surface area contributed by atoms with Crippen molar-refractivity contribution < 1.29 is 40.2 Å². The minimum atomic E-state index is -4.81. The molecule has 0 saturated heterocycles. The van der Waals surface area contributed by atoms with Crippen LogP contribution in [0.15, 0.2) is 94.7 Å². The second-order valence-corrected chi connectivity index (χ2v) is 11.5. The van der Waals surface area contributed by atoms with Crippen molar-refractivity contribution in [2.45, 2.75) is 23.1 Å².